The maximum absolute atomic E-state index is 13.2. The molecule has 1 aromatic rings. The molecule has 1 aromatic carbocycles. The van der Waals surface area contributed by atoms with E-state index in [-0.39, 0.29) is 0 Å². The zero-order valence-corrected chi connectivity index (χ0v) is 10.3. The third-order valence-electron chi connectivity index (χ3n) is 4.13. The summed E-state index contributed by atoms with van der Waals surface area (Å²) in [4.78, 5) is 2.51. The Morgan fingerprint density at radius 1 is 1.06 bits per heavy atom. The molecule has 4 heteroatoms. The van der Waals surface area contributed by atoms with Gasteiger partial charge in [0.05, 0.1) is 0 Å². The van der Waals surface area contributed by atoms with Crippen molar-refractivity contribution >= 4 is 5.69 Å². The maximum Gasteiger partial charge on any atom is 0.160 e. The molecule has 3 rings (SSSR count). The number of hydrogen-bond donors (Lipinski definition) is 1. The molecule has 2 aliphatic heterocycles. The lowest BCUT2D eigenvalue weighted by Crippen LogP contribution is -2.41. The van der Waals surface area contributed by atoms with Crippen LogP contribution >= 0.6 is 0 Å². The lowest BCUT2D eigenvalue weighted by Gasteiger charge is -2.33. The van der Waals surface area contributed by atoms with Crippen molar-refractivity contribution in [3.05, 3.63) is 29.8 Å². The van der Waals surface area contributed by atoms with E-state index in [9.17, 15) is 8.78 Å². The molecule has 2 saturated heterocycles. The normalized spacial score (nSPS) is 28.1. The summed E-state index contributed by atoms with van der Waals surface area (Å²) >= 11 is 0. The van der Waals surface area contributed by atoms with Crippen LogP contribution in [0.2, 0.25) is 0 Å². The molecule has 0 radical (unpaired) electrons. The van der Waals surface area contributed by atoms with Crippen molar-refractivity contribution in [3.63, 3.8) is 0 Å². The molecule has 0 aromatic heterocycles. The average Bonchev–Trinajstić information content (AvgIpc) is 2.78. The van der Waals surface area contributed by atoms with Crippen LogP contribution in [0.4, 0.5) is 14.5 Å². The molecule has 2 fully saturated rings. The fraction of sp³-hybridized carbons (Fsp3) is 0.571. The largest absolute Gasteiger partial charge is 0.381 e. The van der Waals surface area contributed by atoms with Crippen molar-refractivity contribution in [2.45, 2.75) is 37.8 Å². The van der Waals surface area contributed by atoms with Crippen molar-refractivity contribution in [2.75, 3.05) is 18.4 Å². The molecule has 0 aliphatic carbocycles. The van der Waals surface area contributed by atoms with Gasteiger partial charge in [0.25, 0.3) is 0 Å². The Balaban J connectivity index is 1.70. The number of anilines is 1. The molecule has 2 heterocycles. The standard InChI is InChI=1S/C14H18F2N2/c15-11-5-4-10(9-12(11)16)17-13-6-8-18-7-2-1-3-14(13)18/h4-5,9,13-14,17H,1-3,6-8H2. The topological polar surface area (TPSA) is 15.3 Å². The summed E-state index contributed by atoms with van der Waals surface area (Å²) in [6.45, 7) is 2.30. The summed E-state index contributed by atoms with van der Waals surface area (Å²) in [5.41, 5.74) is 0.686. The first-order valence-corrected chi connectivity index (χ1v) is 6.70. The average molecular weight is 252 g/mol. The van der Waals surface area contributed by atoms with Gasteiger partial charge in [-0.3, -0.25) is 4.90 Å². The van der Waals surface area contributed by atoms with E-state index in [1.165, 1.54) is 37.9 Å². The summed E-state index contributed by atoms with van der Waals surface area (Å²) in [5.74, 6) is -1.57. The van der Waals surface area contributed by atoms with E-state index in [1.54, 1.807) is 6.07 Å². The Kier molecular flexibility index (Phi) is 3.20. The molecule has 2 nitrogen and oxygen atoms in total. The van der Waals surface area contributed by atoms with Gasteiger partial charge in [0, 0.05) is 30.4 Å². The first-order valence-electron chi connectivity index (χ1n) is 6.70. The van der Waals surface area contributed by atoms with Crippen molar-refractivity contribution in [1.82, 2.24) is 4.90 Å². The predicted octanol–water partition coefficient (Wildman–Crippen LogP) is 3.00. The number of rotatable bonds is 2. The van der Waals surface area contributed by atoms with Crippen LogP contribution in [0.1, 0.15) is 25.7 Å². The van der Waals surface area contributed by atoms with E-state index in [0.717, 1.165) is 13.0 Å². The third-order valence-corrected chi connectivity index (χ3v) is 4.13. The van der Waals surface area contributed by atoms with Crippen LogP contribution in [-0.4, -0.2) is 30.1 Å². The van der Waals surface area contributed by atoms with E-state index < -0.39 is 11.6 Å². The molecule has 0 saturated carbocycles. The third kappa shape index (κ3) is 2.21. The zero-order chi connectivity index (χ0) is 12.5. The van der Waals surface area contributed by atoms with Gasteiger partial charge in [-0.25, -0.2) is 8.78 Å². The number of piperidine rings is 1. The number of nitrogens with zero attached hydrogens (tertiary/aromatic N) is 1. The minimum atomic E-state index is -0.786. The molecule has 0 amide bonds. The second-order valence-corrected chi connectivity index (χ2v) is 5.27. The van der Waals surface area contributed by atoms with Crippen LogP contribution in [0.3, 0.4) is 0 Å². The van der Waals surface area contributed by atoms with Crippen LogP contribution < -0.4 is 5.32 Å². The highest BCUT2D eigenvalue weighted by Crippen LogP contribution is 2.29. The van der Waals surface area contributed by atoms with E-state index in [2.05, 4.69) is 10.2 Å². The Hall–Kier alpha value is -1.16. The molecule has 0 spiro atoms. The molecule has 2 atom stereocenters. The fourth-order valence-corrected chi connectivity index (χ4v) is 3.22. The van der Waals surface area contributed by atoms with Crippen molar-refractivity contribution < 1.29 is 8.78 Å². The monoisotopic (exact) mass is 252 g/mol. The maximum atomic E-state index is 13.2. The first kappa shape index (κ1) is 11.9. The molecule has 2 aliphatic rings. The quantitative estimate of drug-likeness (QED) is 0.870. The van der Waals surface area contributed by atoms with E-state index >= 15 is 0 Å². The van der Waals surface area contributed by atoms with Gasteiger partial charge in [-0.1, -0.05) is 6.42 Å². The number of nitrogens with one attached hydrogen (secondary N) is 1. The van der Waals surface area contributed by atoms with Crippen molar-refractivity contribution in [2.24, 2.45) is 0 Å². The van der Waals surface area contributed by atoms with Crippen molar-refractivity contribution in [1.29, 1.82) is 0 Å². The summed E-state index contributed by atoms with van der Waals surface area (Å²) < 4.78 is 26.0. The van der Waals surface area contributed by atoms with Crippen LogP contribution in [0.5, 0.6) is 0 Å². The summed E-state index contributed by atoms with van der Waals surface area (Å²) in [6, 6.07) is 4.98. The van der Waals surface area contributed by atoms with E-state index in [4.69, 9.17) is 0 Å². The zero-order valence-electron chi connectivity index (χ0n) is 10.3. The summed E-state index contributed by atoms with van der Waals surface area (Å²) in [6.07, 6.45) is 4.86. The molecule has 98 valence electrons. The number of hydrogen-bond acceptors (Lipinski definition) is 2. The van der Waals surface area contributed by atoms with Crippen molar-refractivity contribution in [3.8, 4) is 0 Å². The van der Waals surface area contributed by atoms with Gasteiger partial charge in [-0.05, 0) is 37.9 Å². The lowest BCUT2D eigenvalue weighted by molar-refractivity contribution is 0.193. The highest BCUT2D eigenvalue weighted by Gasteiger charge is 2.35. The second-order valence-electron chi connectivity index (χ2n) is 5.27. The lowest BCUT2D eigenvalue weighted by atomic mass is 9.99. The smallest absolute Gasteiger partial charge is 0.160 e. The SMILES string of the molecule is Fc1ccc(NC2CCN3CCCCC23)cc1F. The highest BCUT2D eigenvalue weighted by molar-refractivity contribution is 5.45. The van der Waals surface area contributed by atoms with E-state index in [1.807, 2.05) is 0 Å². The summed E-state index contributed by atoms with van der Waals surface area (Å²) in [7, 11) is 0. The first-order chi connectivity index (χ1) is 8.74. The van der Waals surface area contributed by atoms with Gasteiger partial charge in [-0.2, -0.15) is 0 Å². The van der Waals surface area contributed by atoms with Gasteiger partial charge in [0.1, 0.15) is 0 Å². The number of halogens is 2. The molecule has 0 bridgehead atoms. The Bertz CT molecular complexity index is 436. The van der Waals surface area contributed by atoms with Gasteiger partial charge in [0.15, 0.2) is 11.6 Å². The molecular formula is C14H18F2N2. The van der Waals surface area contributed by atoms with Crippen LogP contribution in [0.15, 0.2) is 18.2 Å². The summed E-state index contributed by atoms with van der Waals surface area (Å²) in [5, 5.41) is 3.36. The second kappa shape index (κ2) is 4.84. The number of fused-ring (bicyclic) bond motifs is 1. The van der Waals surface area contributed by atoms with Crippen LogP contribution in [-0.2, 0) is 0 Å². The fourth-order valence-electron chi connectivity index (χ4n) is 3.22. The predicted molar refractivity (Wildman–Crippen MR) is 67.6 cm³/mol. The van der Waals surface area contributed by atoms with Gasteiger partial charge in [0.2, 0.25) is 0 Å². The Morgan fingerprint density at radius 2 is 1.94 bits per heavy atom. The minimum absolute atomic E-state index is 0.371. The Labute approximate surface area is 106 Å². The highest BCUT2D eigenvalue weighted by atomic mass is 19.2. The van der Waals surface area contributed by atoms with Gasteiger partial charge >= 0.3 is 0 Å². The molecular weight excluding hydrogens is 234 g/mol. The molecule has 2 unspecified atom stereocenters. The molecule has 1 N–H and O–H groups in total. The van der Waals surface area contributed by atoms with Crippen LogP contribution in [0, 0.1) is 11.6 Å². The van der Waals surface area contributed by atoms with Crippen LogP contribution in [0.25, 0.3) is 0 Å². The van der Waals surface area contributed by atoms with E-state index in [0.29, 0.717) is 17.8 Å². The Morgan fingerprint density at radius 3 is 2.78 bits per heavy atom. The van der Waals surface area contributed by atoms with Gasteiger partial charge in [-0.15, -0.1) is 0 Å². The number of benzene rings is 1. The molecule has 18 heavy (non-hydrogen) atoms. The minimum Gasteiger partial charge on any atom is -0.381 e. The van der Waals surface area contributed by atoms with Gasteiger partial charge < -0.3 is 5.32 Å².